The number of hydrogen-bond donors (Lipinski definition) is 0. The number of methoxy groups -OCH3 is 2. The fraction of sp³-hybridized carbons (Fsp3) is 0.500. The highest BCUT2D eigenvalue weighted by atomic mass is 35.5. The molecular formula is C12H17ClO2. The lowest BCUT2D eigenvalue weighted by Gasteiger charge is -2.15. The van der Waals surface area contributed by atoms with Crippen molar-refractivity contribution < 1.29 is 9.47 Å². The Hall–Kier alpha value is -0.890. The van der Waals surface area contributed by atoms with Gasteiger partial charge in [0.15, 0.2) is 0 Å². The second-order valence-corrected chi connectivity index (χ2v) is 3.91. The van der Waals surface area contributed by atoms with E-state index in [1.165, 1.54) is 0 Å². The molecule has 0 aliphatic carbocycles. The molecule has 1 aromatic carbocycles. The van der Waals surface area contributed by atoms with Crippen LogP contribution in [0.15, 0.2) is 18.2 Å². The van der Waals surface area contributed by atoms with Crippen molar-refractivity contribution in [3.05, 3.63) is 23.8 Å². The first-order chi connectivity index (χ1) is 7.22. The van der Waals surface area contributed by atoms with Gasteiger partial charge in [-0.1, -0.05) is 13.0 Å². The smallest absolute Gasteiger partial charge is 0.125 e. The highest BCUT2D eigenvalue weighted by Gasteiger charge is 2.12. The second kappa shape index (κ2) is 5.86. The summed E-state index contributed by atoms with van der Waals surface area (Å²) < 4.78 is 10.6. The minimum absolute atomic E-state index is 0.414. The van der Waals surface area contributed by atoms with Crippen LogP contribution in [-0.2, 0) is 6.42 Å². The van der Waals surface area contributed by atoms with Crippen LogP contribution in [0.25, 0.3) is 0 Å². The second-order valence-electron chi connectivity index (χ2n) is 3.60. The maximum Gasteiger partial charge on any atom is 0.125 e. The molecule has 0 aliphatic rings. The predicted molar refractivity (Wildman–Crippen MR) is 63.1 cm³/mol. The molecule has 1 atom stereocenters. The molecule has 1 aromatic rings. The monoisotopic (exact) mass is 228 g/mol. The number of benzene rings is 1. The minimum atomic E-state index is 0.414. The van der Waals surface area contributed by atoms with Gasteiger partial charge in [0, 0.05) is 11.4 Å². The lowest BCUT2D eigenvalue weighted by molar-refractivity contribution is 0.381. The summed E-state index contributed by atoms with van der Waals surface area (Å²) in [5.41, 5.74) is 1.09. The van der Waals surface area contributed by atoms with E-state index in [0.29, 0.717) is 11.8 Å². The third-order valence-corrected chi connectivity index (χ3v) is 2.87. The molecule has 0 heterocycles. The zero-order valence-corrected chi connectivity index (χ0v) is 10.2. The number of ether oxygens (including phenoxy) is 2. The van der Waals surface area contributed by atoms with E-state index in [1.54, 1.807) is 14.2 Å². The largest absolute Gasteiger partial charge is 0.496 e. The number of hydrogen-bond acceptors (Lipinski definition) is 2. The lowest BCUT2D eigenvalue weighted by Crippen LogP contribution is -2.04. The Labute approximate surface area is 96.2 Å². The van der Waals surface area contributed by atoms with Gasteiger partial charge in [-0.25, -0.2) is 0 Å². The zero-order valence-electron chi connectivity index (χ0n) is 9.42. The first kappa shape index (κ1) is 12.2. The first-order valence-electron chi connectivity index (χ1n) is 4.98. The summed E-state index contributed by atoms with van der Waals surface area (Å²) in [6, 6.07) is 5.81. The molecule has 2 nitrogen and oxygen atoms in total. The summed E-state index contributed by atoms with van der Waals surface area (Å²) in [7, 11) is 3.34. The van der Waals surface area contributed by atoms with Crippen LogP contribution < -0.4 is 9.47 Å². The van der Waals surface area contributed by atoms with Crippen molar-refractivity contribution in [1.82, 2.24) is 0 Å². The van der Waals surface area contributed by atoms with E-state index in [2.05, 4.69) is 6.92 Å². The van der Waals surface area contributed by atoms with Gasteiger partial charge >= 0.3 is 0 Å². The summed E-state index contributed by atoms with van der Waals surface area (Å²) in [5.74, 6) is 2.79. The van der Waals surface area contributed by atoms with E-state index < -0.39 is 0 Å². The Bertz CT molecular complexity index is 290. The Balaban J connectivity index is 2.99. The van der Waals surface area contributed by atoms with Gasteiger partial charge in [-0.15, -0.1) is 11.6 Å². The van der Waals surface area contributed by atoms with Crippen LogP contribution >= 0.6 is 11.6 Å². The van der Waals surface area contributed by atoms with E-state index in [9.17, 15) is 0 Å². The molecule has 0 fully saturated rings. The van der Waals surface area contributed by atoms with Crippen LogP contribution in [0.4, 0.5) is 0 Å². The van der Waals surface area contributed by atoms with Crippen LogP contribution in [0.3, 0.4) is 0 Å². The van der Waals surface area contributed by atoms with Gasteiger partial charge in [-0.3, -0.25) is 0 Å². The van der Waals surface area contributed by atoms with Gasteiger partial charge in [-0.2, -0.15) is 0 Å². The summed E-state index contributed by atoms with van der Waals surface area (Å²) in [5, 5.41) is 0. The molecule has 0 bridgehead atoms. The van der Waals surface area contributed by atoms with Crippen LogP contribution in [0.1, 0.15) is 12.5 Å². The Morgan fingerprint density at radius 2 is 1.73 bits per heavy atom. The van der Waals surface area contributed by atoms with Crippen molar-refractivity contribution in [1.29, 1.82) is 0 Å². The topological polar surface area (TPSA) is 18.5 Å². The van der Waals surface area contributed by atoms with Gasteiger partial charge < -0.3 is 9.47 Å². The van der Waals surface area contributed by atoms with Gasteiger partial charge in [0.05, 0.1) is 14.2 Å². The summed E-state index contributed by atoms with van der Waals surface area (Å²) in [4.78, 5) is 0. The number of rotatable bonds is 5. The maximum absolute atomic E-state index is 5.81. The van der Waals surface area contributed by atoms with Crippen LogP contribution in [0, 0.1) is 5.92 Å². The van der Waals surface area contributed by atoms with Crippen LogP contribution in [0.2, 0.25) is 0 Å². The molecule has 0 amide bonds. The Morgan fingerprint density at radius 1 is 1.20 bits per heavy atom. The maximum atomic E-state index is 5.81. The molecule has 0 saturated heterocycles. The Morgan fingerprint density at radius 3 is 2.13 bits per heavy atom. The molecular weight excluding hydrogens is 212 g/mol. The van der Waals surface area contributed by atoms with E-state index in [-0.39, 0.29) is 0 Å². The van der Waals surface area contributed by atoms with Crippen molar-refractivity contribution in [2.24, 2.45) is 5.92 Å². The van der Waals surface area contributed by atoms with Gasteiger partial charge in [0.2, 0.25) is 0 Å². The fourth-order valence-corrected chi connectivity index (χ4v) is 1.64. The average Bonchev–Trinajstić information content (AvgIpc) is 2.29. The molecule has 1 rings (SSSR count). The Kier molecular flexibility index (Phi) is 4.76. The van der Waals surface area contributed by atoms with Gasteiger partial charge in [-0.05, 0) is 24.5 Å². The SMILES string of the molecule is COc1cccc(OC)c1CC(C)CCl. The molecule has 15 heavy (non-hydrogen) atoms. The van der Waals surface area contributed by atoms with E-state index >= 15 is 0 Å². The third kappa shape index (κ3) is 3.03. The molecule has 0 N–H and O–H groups in total. The third-order valence-electron chi connectivity index (χ3n) is 2.35. The molecule has 0 radical (unpaired) electrons. The average molecular weight is 229 g/mol. The molecule has 84 valence electrons. The van der Waals surface area contributed by atoms with E-state index in [0.717, 1.165) is 23.5 Å². The van der Waals surface area contributed by atoms with Crippen LogP contribution in [0.5, 0.6) is 11.5 Å². The number of alkyl halides is 1. The van der Waals surface area contributed by atoms with Gasteiger partial charge in [0.25, 0.3) is 0 Å². The highest BCUT2D eigenvalue weighted by molar-refractivity contribution is 6.18. The van der Waals surface area contributed by atoms with E-state index in [1.807, 2.05) is 18.2 Å². The predicted octanol–water partition coefficient (Wildman–Crippen LogP) is 3.12. The molecule has 0 spiro atoms. The minimum Gasteiger partial charge on any atom is -0.496 e. The van der Waals surface area contributed by atoms with E-state index in [4.69, 9.17) is 21.1 Å². The lowest BCUT2D eigenvalue weighted by atomic mass is 10.0. The van der Waals surface area contributed by atoms with Crippen molar-refractivity contribution >= 4 is 11.6 Å². The molecule has 3 heteroatoms. The van der Waals surface area contributed by atoms with Crippen molar-refractivity contribution in [2.75, 3.05) is 20.1 Å². The molecule has 0 saturated carbocycles. The molecule has 0 aliphatic heterocycles. The normalized spacial score (nSPS) is 12.3. The first-order valence-corrected chi connectivity index (χ1v) is 5.52. The summed E-state index contributed by atoms with van der Waals surface area (Å²) >= 11 is 5.81. The fourth-order valence-electron chi connectivity index (χ4n) is 1.53. The quantitative estimate of drug-likeness (QED) is 0.721. The summed E-state index contributed by atoms with van der Waals surface area (Å²) in [6.45, 7) is 2.11. The van der Waals surface area contributed by atoms with Crippen molar-refractivity contribution in [2.45, 2.75) is 13.3 Å². The van der Waals surface area contributed by atoms with Crippen molar-refractivity contribution in [3.8, 4) is 11.5 Å². The van der Waals surface area contributed by atoms with Gasteiger partial charge in [0.1, 0.15) is 11.5 Å². The summed E-state index contributed by atoms with van der Waals surface area (Å²) in [6.07, 6.45) is 0.872. The van der Waals surface area contributed by atoms with Crippen LogP contribution in [-0.4, -0.2) is 20.1 Å². The standard InChI is InChI=1S/C12H17ClO2/c1-9(8-13)7-10-11(14-2)5-4-6-12(10)15-3/h4-6,9H,7-8H2,1-3H3. The highest BCUT2D eigenvalue weighted by Crippen LogP contribution is 2.30. The molecule has 1 unspecified atom stereocenters. The van der Waals surface area contributed by atoms with Crippen molar-refractivity contribution in [3.63, 3.8) is 0 Å². The zero-order chi connectivity index (χ0) is 11.3. The molecule has 0 aromatic heterocycles. The number of halogens is 1.